The second kappa shape index (κ2) is 3.92. The topological polar surface area (TPSA) is 27.1 Å². The summed E-state index contributed by atoms with van der Waals surface area (Å²) >= 11 is 0. The van der Waals surface area contributed by atoms with Crippen LogP contribution in [0.15, 0.2) is 0 Å². The van der Waals surface area contributed by atoms with Crippen molar-refractivity contribution in [2.45, 2.75) is 33.1 Å². The van der Waals surface area contributed by atoms with Crippen molar-refractivity contribution in [2.75, 3.05) is 13.6 Å². The number of amidine groups is 1. The van der Waals surface area contributed by atoms with E-state index in [0.717, 1.165) is 37.1 Å². The molecule has 0 spiro atoms. The molecule has 1 N–H and O–H groups in total. The number of hydrogen-bond donors (Lipinski definition) is 1. The van der Waals surface area contributed by atoms with Crippen LogP contribution in [-0.2, 0) is 0 Å². The van der Waals surface area contributed by atoms with Gasteiger partial charge < -0.3 is 4.90 Å². The molecular formula is C10H20N2. The first-order chi connectivity index (χ1) is 5.65. The van der Waals surface area contributed by atoms with Gasteiger partial charge in [0.25, 0.3) is 0 Å². The molecule has 1 rings (SSSR count). The molecule has 1 saturated carbocycles. The van der Waals surface area contributed by atoms with Gasteiger partial charge in [-0.15, -0.1) is 0 Å². The molecule has 2 nitrogen and oxygen atoms in total. The van der Waals surface area contributed by atoms with Gasteiger partial charge >= 0.3 is 0 Å². The number of nitrogens with zero attached hydrogens (tertiary/aromatic N) is 1. The molecule has 0 aromatic carbocycles. The van der Waals surface area contributed by atoms with E-state index in [4.69, 9.17) is 5.41 Å². The summed E-state index contributed by atoms with van der Waals surface area (Å²) in [4.78, 5) is 2.11. The SMILES string of the molecule is CCCC(=N)N(C)CC1CC1C. The van der Waals surface area contributed by atoms with E-state index in [-0.39, 0.29) is 0 Å². The van der Waals surface area contributed by atoms with Gasteiger partial charge in [-0.2, -0.15) is 0 Å². The Hall–Kier alpha value is -0.530. The van der Waals surface area contributed by atoms with E-state index in [1.165, 1.54) is 6.42 Å². The lowest BCUT2D eigenvalue weighted by molar-refractivity contribution is 0.449. The molecular weight excluding hydrogens is 148 g/mol. The Kier molecular flexibility index (Phi) is 3.12. The minimum atomic E-state index is 0.802. The second-order valence-corrected chi connectivity index (χ2v) is 4.05. The predicted octanol–water partition coefficient (Wildman–Crippen LogP) is 2.35. The van der Waals surface area contributed by atoms with Crippen molar-refractivity contribution < 1.29 is 0 Å². The highest BCUT2D eigenvalue weighted by molar-refractivity contribution is 5.78. The van der Waals surface area contributed by atoms with Gasteiger partial charge in [0.1, 0.15) is 0 Å². The standard InChI is InChI=1S/C10H20N2/c1-4-5-10(11)12(3)7-9-6-8(9)2/h8-9,11H,4-7H2,1-3H3. The molecule has 2 atom stereocenters. The van der Waals surface area contributed by atoms with Crippen molar-refractivity contribution in [3.05, 3.63) is 0 Å². The zero-order valence-corrected chi connectivity index (χ0v) is 8.43. The summed E-state index contributed by atoms with van der Waals surface area (Å²) < 4.78 is 0. The van der Waals surface area contributed by atoms with Crippen molar-refractivity contribution >= 4 is 5.84 Å². The fourth-order valence-electron chi connectivity index (χ4n) is 1.54. The quantitative estimate of drug-likeness (QED) is 0.506. The molecule has 0 aromatic rings. The van der Waals surface area contributed by atoms with Crippen LogP contribution in [0.5, 0.6) is 0 Å². The lowest BCUT2D eigenvalue weighted by Crippen LogP contribution is -2.28. The Morgan fingerprint density at radius 1 is 1.58 bits per heavy atom. The molecule has 2 heteroatoms. The highest BCUT2D eigenvalue weighted by Crippen LogP contribution is 2.37. The van der Waals surface area contributed by atoms with Gasteiger partial charge in [0.05, 0.1) is 5.84 Å². The summed E-state index contributed by atoms with van der Waals surface area (Å²) in [5.41, 5.74) is 0. The Morgan fingerprint density at radius 3 is 2.58 bits per heavy atom. The summed E-state index contributed by atoms with van der Waals surface area (Å²) in [7, 11) is 2.04. The molecule has 1 aliphatic carbocycles. The van der Waals surface area contributed by atoms with Crippen LogP contribution in [0.4, 0.5) is 0 Å². The van der Waals surface area contributed by atoms with Crippen molar-refractivity contribution in [1.29, 1.82) is 5.41 Å². The van der Waals surface area contributed by atoms with Crippen LogP contribution in [0.25, 0.3) is 0 Å². The molecule has 0 saturated heterocycles. The van der Waals surface area contributed by atoms with Crippen LogP contribution in [0, 0.1) is 17.2 Å². The Morgan fingerprint density at radius 2 is 2.17 bits per heavy atom. The molecule has 0 heterocycles. The molecule has 2 unspecified atom stereocenters. The molecule has 12 heavy (non-hydrogen) atoms. The van der Waals surface area contributed by atoms with Crippen molar-refractivity contribution in [3.8, 4) is 0 Å². The van der Waals surface area contributed by atoms with Gasteiger partial charge in [-0.1, -0.05) is 13.8 Å². The maximum absolute atomic E-state index is 7.71. The third-order valence-corrected chi connectivity index (χ3v) is 2.73. The van der Waals surface area contributed by atoms with E-state index >= 15 is 0 Å². The first-order valence-electron chi connectivity index (χ1n) is 4.93. The van der Waals surface area contributed by atoms with Crippen molar-refractivity contribution in [1.82, 2.24) is 4.90 Å². The molecule has 0 aromatic heterocycles. The molecule has 0 radical (unpaired) electrons. The van der Waals surface area contributed by atoms with E-state index in [1.807, 2.05) is 7.05 Å². The van der Waals surface area contributed by atoms with Gasteiger partial charge in [-0.25, -0.2) is 0 Å². The van der Waals surface area contributed by atoms with Crippen LogP contribution in [0.3, 0.4) is 0 Å². The van der Waals surface area contributed by atoms with Crippen LogP contribution >= 0.6 is 0 Å². The summed E-state index contributed by atoms with van der Waals surface area (Å²) in [6, 6.07) is 0. The van der Waals surface area contributed by atoms with E-state index in [1.54, 1.807) is 0 Å². The second-order valence-electron chi connectivity index (χ2n) is 4.05. The average molecular weight is 168 g/mol. The Bertz CT molecular complexity index is 165. The highest BCUT2D eigenvalue weighted by atomic mass is 15.1. The zero-order valence-electron chi connectivity index (χ0n) is 8.43. The Balaban J connectivity index is 2.18. The predicted molar refractivity (Wildman–Crippen MR) is 52.5 cm³/mol. The van der Waals surface area contributed by atoms with Crippen LogP contribution in [-0.4, -0.2) is 24.3 Å². The minimum Gasteiger partial charge on any atom is -0.363 e. The van der Waals surface area contributed by atoms with Gasteiger partial charge in [-0.3, -0.25) is 5.41 Å². The van der Waals surface area contributed by atoms with E-state index in [2.05, 4.69) is 18.7 Å². The van der Waals surface area contributed by atoms with Crippen molar-refractivity contribution in [2.24, 2.45) is 11.8 Å². The Labute approximate surface area is 75.5 Å². The fraction of sp³-hybridized carbons (Fsp3) is 0.900. The average Bonchev–Trinajstić information content (AvgIpc) is 2.67. The third kappa shape index (κ3) is 2.50. The first-order valence-corrected chi connectivity index (χ1v) is 4.93. The van der Waals surface area contributed by atoms with Crippen molar-refractivity contribution in [3.63, 3.8) is 0 Å². The van der Waals surface area contributed by atoms with E-state index < -0.39 is 0 Å². The molecule has 0 amide bonds. The van der Waals surface area contributed by atoms with E-state index in [0.29, 0.717) is 0 Å². The minimum absolute atomic E-state index is 0.802. The summed E-state index contributed by atoms with van der Waals surface area (Å²) in [6.45, 7) is 5.52. The highest BCUT2D eigenvalue weighted by Gasteiger charge is 2.33. The monoisotopic (exact) mass is 168 g/mol. The smallest absolute Gasteiger partial charge is 0.0955 e. The molecule has 0 bridgehead atoms. The zero-order chi connectivity index (χ0) is 9.14. The molecule has 1 aliphatic rings. The molecule has 70 valence electrons. The maximum Gasteiger partial charge on any atom is 0.0955 e. The summed E-state index contributed by atoms with van der Waals surface area (Å²) in [6.07, 6.45) is 3.38. The van der Waals surface area contributed by atoms with Gasteiger partial charge in [0.15, 0.2) is 0 Å². The van der Waals surface area contributed by atoms with Gasteiger partial charge in [-0.05, 0) is 24.7 Å². The largest absolute Gasteiger partial charge is 0.363 e. The molecule has 1 fully saturated rings. The third-order valence-electron chi connectivity index (χ3n) is 2.73. The fourth-order valence-corrected chi connectivity index (χ4v) is 1.54. The summed E-state index contributed by atoms with van der Waals surface area (Å²) in [5, 5.41) is 7.71. The number of hydrogen-bond acceptors (Lipinski definition) is 1. The van der Waals surface area contributed by atoms with Gasteiger partial charge in [0, 0.05) is 20.0 Å². The number of rotatable bonds is 4. The van der Waals surface area contributed by atoms with Crippen LogP contribution in [0.2, 0.25) is 0 Å². The maximum atomic E-state index is 7.71. The summed E-state index contributed by atoms with van der Waals surface area (Å²) in [5.74, 6) is 2.57. The number of nitrogens with one attached hydrogen (secondary N) is 1. The molecule has 0 aliphatic heterocycles. The van der Waals surface area contributed by atoms with Crippen LogP contribution in [0.1, 0.15) is 33.1 Å². The lowest BCUT2D eigenvalue weighted by atomic mass is 10.2. The normalized spacial score (nSPS) is 26.9. The van der Waals surface area contributed by atoms with Crippen LogP contribution < -0.4 is 0 Å². The lowest BCUT2D eigenvalue weighted by Gasteiger charge is -2.19. The van der Waals surface area contributed by atoms with E-state index in [9.17, 15) is 0 Å². The van der Waals surface area contributed by atoms with Gasteiger partial charge in [0.2, 0.25) is 0 Å². The first kappa shape index (κ1) is 9.56.